The van der Waals surface area contributed by atoms with E-state index >= 15 is 0 Å². The fraction of sp³-hybridized carbons (Fsp3) is 0.125. The van der Waals surface area contributed by atoms with Crippen LogP contribution in [-0.4, -0.2) is 20.6 Å². The zero-order chi connectivity index (χ0) is 14.7. The molecule has 0 unspecified atom stereocenters. The normalized spacial score (nSPS) is 10.7. The van der Waals surface area contributed by atoms with Gasteiger partial charge in [0, 0.05) is 18.9 Å². The number of hydrogen-bond acceptors (Lipinski definition) is 3. The molecule has 0 spiro atoms. The lowest BCUT2D eigenvalue weighted by Gasteiger charge is -2.07. The van der Waals surface area contributed by atoms with Crippen molar-refractivity contribution in [1.29, 1.82) is 0 Å². The summed E-state index contributed by atoms with van der Waals surface area (Å²) >= 11 is 1.67. The van der Waals surface area contributed by atoms with Gasteiger partial charge in [0.15, 0.2) is 0 Å². The van der Waals surface area contributed by atoms with Gasteiger partial charge in [-0.2, -0.15) is 0 Å². The Hall–Kier alpha value is -2.40. The molecule has 5 heteroatoms. The average Bonchev–Trinajstić information content (AvgIpc) is 3.11. The van der Waals surface area contributed by atoms with Crippen molar-refractivity contribution in [2.24, 2.45) is 0 Å². The Kier molecular flexibility index (Phi) is 3.83. The molecule has 0 aliphatic carbocycles. The SMILES string of the molecule is O=C(O)Cc1ccc(Cn2ccnc2-c2cccs2)cc1. The van der Waals surface area contributed by atoms with E-state index in [1.54, 1.807) is 17.5 Å². The van der Waals surface area contributed by atoms with E-state index in [1.807, 2.05) is 41.9 Å². The maximum atomic E-state index is 10.7. The van der Waals surface area contributed by atoms with Crippen LogP contribution < -0.4 is 0 Å². The number of imidazole rings is 1. The third-order valence-corrected chi connectivity index (χ3v) is 4.05. The van der Waals surface area contributed by atoms with Gasteiger partial charge in [-0.05, 0) is 22.6 Å². The molecule has 1 N–H and O–H groups in total. The molecule has 2 heterocycles. The fourth-order valence-corrected chi connectivity index (χ4v) is 2.94. The van der Waals surface area contributed by atoms with E-state index in [4.69, 9.17) is 5.11 Å². The average molecular weight is 298 g/mol. The molecule has 106 valence electrons. The van der Waals surface area contributed by atoms with Crippen molar-refractivity contribution in [3.8, 4) is 10.7 Å². The number of carboxylic acids is 1. The Balaban J connectivity index is 1.78. The van der Waals surface area contributed by atoms with E-state index in [9.17, 15) is 4.79 Å². The number of aliphatic carboxylic acids is 1. The van der Waals surface area contributed by atoms with E-state index in [0.717, 1.165) is 28.4 Å². The first-order valence-electron chi connectivity index (χ1n) is 6.57. The van der Waals surface area contributed by atoms with Crippen LogP contribution in [0.3, 0.4) is 0 Å². The summed E-state index contributed by atoms with van der Waals surface area (Å²) in [5.41, 5.74) is 1.94. The van der Waals surface area contributed by atoms with Gasteiger partial charge in [0.2, 0.25) is 0 Å². The second-order valence-corrected chi connectivity index (χ2v) is 5.69. The molecule has 3 rings (SSSR count). The monoisotopic (exact) mass is 298 g/mol. The Bertz CT molecular complexity index is 730. The van der Waals surface area contributed by atoms with Gasteiger partial charge in [0.05, 0.1) is 11.3 Å². The molecular weight excluding hydrogens is 284 g/mol. The molecule has 0 radical (unpaired) electrons. The smallest absolute Gasteiger partial charge is 0.307 e. The Morgan fingerprint density at radius 3 is 2.62 bits per heavy atom. The Morgan fingerprint density at radius 2 is 1.95 bits per heavy atom. The molecular formula is C16H14N2O2S. The minimum atomic E-state index is -0.808. The summed E-state index contributed by atoms with van der Waals surface area (Å²) in [7, 11) is 0. The minimum Gasteiger partial charge on any atom is -0.481 e. The summed E-state index contributed by atoms with van der Waals surface area (Å²) in [5.74, 6) is 0.150. The lowest BCUT2D eigenvalue weighted by Crippen LogP contribution is -2.02. The molecule has 3 aromatic rings. The number of thiophene rings is 1. The molecule has 0 saturated heterocycles. The molecule has 0 bridgehead atoms. The minimum absolute atomic E-state index is 0.0613. The second kappa shape index (κ2) is 5.93. The summed E-state index contributed by atoms with van der Waals surface area (Å²) in [6.45, 7) is 0.723. The van der Waals surface area contributed by atoms with Crippen molar-refractivity contribution in [2.45, 2.75) is 13.0 Å². The van der Waals surface area contributed by atoms with Crippen LogP contribution in [0.25, 0.3) is 10.7 Å². The van der Waals surface area contributed by atoms with Crippen molar-refractivity contribution < 1.29 is 9.90 Å². The second-order valence-electron chi connectivity index (χ2n) is 4.74. The molecule has 0 saturated carbocycles. The third-order valence-electron chi connectivity index (χ3n) is 3.19. The van der Waals surface area contributed by atoms with Crippen molar-refractivity contribution in [2.75, 3.05) is 0 Å². The van der Waals surface area contributed by atoms with Crippen LogP contribution in [-0.2, 0) is 17.8 Å². The molecule has 0 atom stereocenters. The van der Waals surface area contributed by atoms with E-state index in [2.05, 4.69) is 15.6 Å². The summed E-state index contributed by atoms with van der Waals surface area (Å²) in [6, 6.07) is 11.7. The Labute approximate surface area is 126 Å². The molecule has 0 aliphatic rings. The van der Waals surface area contributed by atoms with Crippen LogP contribution >= 0.6 is 11.3 Å². The maximum Gasteiger partial charge on any atom is 0.307 e. The molecule has 21 heavy (non-hydrogen) atoms. The topological polar surface area (TPSA) is 55.1 Å². The van der Waals surface area contributed by atoms with Crippen molar-refractivity contribution in [3.63, 3.8) is 0 Å². The quantitative estimate of drug-likeness (QED) is 0.786. The highest BCUT2D eigenvalue weighted by atomic mass is 32.1. The van der Waals surface area contributed by atoms with Gasteiger partial charge in [0.25, 0.3) is 0 Å². The molecule has 4 nitrogen and oxygen atoms in total. The highest BCUT2D eigenvalue weighted by Gasteiger charge is 2.07. The van der Waals surface area contributed by atoms with Gasteiger partial charge in [-0.15, -0.1) is 11.3 Å². The zero-order valence-corrected chi connectivity index (χ0v) is 12.1. The molecule has 0 aliphatic heterocycles. The predicted molar refractivity (Wildman–Crippen MR) is 82.4 cm³/mol. The van der Waals surface area contributed by atoms with Crippen LogP contribution in [0.1, 0.15) is 11.1 Å². The lowest BCUT2D eigenvalue weighted by atomic mass is 10.1. The van der Waals surface area contributed by atoms with E-state index in [-0.39, 0.29) is 6.42 Å². The van der Waals surface area contributed by atoms with Gasteiger partial charge in [-0.25, -0.2) is 4.98 Å². The first-order chi connectivity index (χ1) is 10.2. The molecule has 0 amide bonds. The summed E-state index contributed by atoms with van der Waals surface area (Å²) in [5, 5.41) is 10.8. The molecule has 1 aromatic carbocycles. The van der Waals surface area contributed by atoms with Crippen LogP contribution in [0.4, 0.5) is 0 Å². The van der Waals surface area contributed by atoms with Crippen molar-refractivity contribution in [3.05, 3.63) is 65.3 Å². The number of rotatable bonds is 5. The standard InChI is InChI=1S/C16H14N2O2S/c19-15(20)10-12-3-5-13(6-4-12)11-18-8-7-17-16(18)14-2-1-9-21-14/h1-9H,10-11H2,(H,19,20). The van der Waals surface area contributed by atoms with Crippen molar-refractivity contribution in [1.82, 2.24) is 9.55 Å². The van der Waals surface area contributed by atoms with Gasteiger partial charge in [-0.1, -0.05) is 30.3 Å². The largest absolute Gasteiger partial charge is 0.481 e. The molecule has 0 fully saturated rings. The first kappa shape index (κ1) is 13.6. The van der Waals surface area contributed by atoms with E-state index in [1.165, 1.54) is 0 Å². The van der Waals surface area contributed by atoms with E-state index in [0.29, 0.717) is 0 Å². The summed E-state index contributed by atoms with van der Waals surface area (Å²) < 4.78 is 2.10. The number of hydrogen-bond donors (Lipinski definition) is 1. The zero-order valence-electron chi connectivity index (χ0n) is 11.3. The Morgan fingerprint density at radius 1 is 1.19 bits per heavy atom. The van der Waals surface area contributed by atoms with Gasteiger partial charge in [0.1, 0.15) is 5.82 Å². The first-order valence-corrected chi connectivity index (χ1v) is 7.45. The van der Waals surface area contributed by atoms with Crippen LogP contribution in [0.5, 0.6) is 0 Å². The van der Waals surface area contributed by atoms with Crippen LogP contribution in [0.2, 0.25) is 0 Å². The molecule has 2 aromatic heterocycles. The number of nitrogens with zero attached hydrogens (tertiary/aromatic N) is 2. The number of benzene rings is 1. The lowest BCUT2D eigenvalue weighted by molar-refractivity contribution is -0.136. The van der Waals surface area contributed by atoms with Gasteiger partial charge >= 0.3 is 5.97 Å². The summed E-state index contributed by atoms with van der Waals surface area (Å²) in [4.78, 5) is 16.2. The van der Waals surface area contributed by atoms with Crippen LogP contribution in [0.15, 0.2) is 54.2 Å². The van der Waals surface area contributed by atoms with Crippen LogP contribution in [0, 0.1) is 0 Å². The fourth-order valence-electron chi connectivity index (χ4n) is 2.20. The van der Waals surface area contributed by atoms with Gasteiger partial charge < -0.3 is 9.67 Å². The number of carboxylic acid groups (broad SMARTS) is 1. The number of carbonyl (C=O) groups is 1. The highest BCUT2D eigenvalue weighted by molar-refractivity contribution is 7.13. The van der Waals surface area contributed by atoms with Gasteiger partial charge in [-0.3, -0.25) is 4.79 Å². The summed E-state index contributed by atoms with van der Waals surface area (Å²) in [6.07, 6.45) is 3.82. The van der Waals surface area contributed by atoms with E-state index < -0.39 is 5.97 Å². The predicted octanol–water partition coefficient (Wildman–Crippen LogP) is 3.29. The number of aromatic nitrogens is 2. The third kappa shape index (κ3) is 3.20. The van der Waals surface area contributed by atoms with Crippen molar-refractivity contribution >= 4 is 17.3 Å². The maximum absolute atomic E-state index is 10.7. The highest BCUT2D eigenvalue weighted by Crippen LogP contribution is 2.23.